The first-order valence-electron chi connectivity index (χ1n) is 6.22. The molecule has 0 aromatic rings. The van der Waals surface area contributed by atoms with Crippen molar-refractivity contribution in [2.75, 3.05) is 26.2 Å². The Bertz CT molecular complexity index is 355. The van der Waals surface area contributed by atoms with Crippen molar-refractivity contribution in [2.45, 2.75) is 6.10 Å². The molecular weight excluding hydrogens is 256 g/mol. The van der Waals surface area contributed by atoms with Gasteiger partial charge < -0.3 is 14.9 Å². The summed E-state index contributed by atoms with van der Waals surface area (Å²) in [4.78, 5) is 25.9. The standard InChI is InChI=1S/C15H22N2O3/c1-5-9-16(14(19)7-3)11-13(18)12-17(10-6-2)15(20)8-4/h5-8,13,18H,1-4,9-12H2. The number of hydrogen-bond donors (Lipinski definition) is 1. The predicted octanol–water partition coefficient (Wildman–Crippen LogP) is 0.748. The highest BCUT2D eigenvalue weighted by Gasteiger charge is 2.18. The third kappa shape index (κ3) is 6.15. The number of amides is 2. The summed E-state index contributed by atoms with van der Waals surface area (Å²) in [5.41, 5.74) is 0. The van der Waals surface area contributed by atoms with E-state index in [1.807, 2.05) is 0 Å². The quantitative estimate of drug-likeness (QED) is 0.474. The molecule has 0 saturated carbocycles. The van der Waals surface area contributed by atoms with E-state index in [1.165, 1.54) is 22.0 Å². The number of carbonyl (C=O) groups excluding carboxylic acids is 2. The monoisotopic (exact) mass is 278 g/mol. The van der Waals surface area contributed by atoms with Crippen molar-refractivity contribution in [3.8, 4) is 0 Å². The fraction of sp³-hybridized carbons (Fsp3) is 0.333. The molecule has 0 aromatic heterocycles. The van der Waals surface area contributed by atoms with E-state index in [9.17, 15) is 14.7 Å². The third-order valence-electron chi connectivity index (χ3n) is 2.53. The first-order chi connectivity index (χ1) is 9.49. The Morgan fingerprint density at radius 1 is 0.900 bits per heavy atom. The summed E-state index contributed by atoms with van der Waals surface area (Å²) in [6.07, 6.45) is 4.59. The van der Waals surface area contributed by atoms with Crippen LogP contribution in [0.4, 0.5) is 0 Å². The van der Waals surface area contributed by atoms with Crippen LogP contribution in [-0.2, 0) is 9.59 Å². The Kier molecular flexibility index (Phi) is 8.70. The normalized spacial score (nSPS) is 9.70. The van der Waals surface area contributed by atoms with Crippen LogP contribution < -0.4 is 0 Å². The predicted molar refractivity (Wildman–Crippen MR) is 80.0 cm³/mol. The summed E-state index contributed by atoms with van der Waals surface area (Å²) >= 11 is 0. The Balaban J connectivity index is 4.65. The van der Waals surface area contributed by atoms with E-state index < -0.39 is 6.10 Å². The van der Waals surface area contributed by atoms with Gasteiger partial charge in [-0.3, -0.25) is 9.59 Å². The van der Waals surface area contributed by atoms with Crippen LogP contribution in [-0.4, -0.2) is 59.0 Å². The summed E-state index contributed by atoms with van der Waals surface area (Å²) < 4.78 is 0. The minimum absolute atomic E-state index is 0.0922. The van der Waals surface area contributed by atoms with Gasteiger partial charge in [-0.25, -0.2) is 0 Å². The molecule has 0 unspecified atom stereocenters. The number of aliphatic hydroxyl groups is 1. The van der Waals surface area contributed by atoms with Gasteiger partial charge in [-0.15, -0.1) is 13.2 Å². The number of carbonyl (C=O) groups is 2. The van der Waals surface area contributed by atoms with Gasteiger partial charge in [-0.1, -0.05) is 25.3 Å². The van der Waals surface area contributed by atoms with Gasteiger partial charge in [-0.2, -0.15) is 0 Å². The lowest BCUT2D eigenvalue weighted by Gasteiger charge is -2.27. The van der Waals surface area contributed by atoms with Gasteiger partial charge in [0.1, 0.15) is 0 Å². The first-order valence-corrected chi connectivity index (χ1v) is 6.22. The van der Waals surface area contributed by atoms with Crippen molar-refractivity contribution < 1.29 is 14.7 Å². The van der Waals surface area contributed by atoms with Crippen LogP contribution in [0.5, 0.6) is 0 Å². The molecule has 0 aliphatic heterocycles. The van der Waals surface area contributed by atoms with E-state index in [4.69, 9.17) is 0 Å². The Hall–Kier alpha value is -2.14. The summed E-state index contributed by atoms with van der Waals surface area (Å²) in [7, 11) is 0. The Labute approximate surface area is 120 Å². The molecule has 0 spiro atoms. The fourth-order valence-corrected chi connectivity index (χ4v) is 1.65. The van der Waals surface area contributed by atoms with Gasteiger partial charge in [0.25, 0.3) is 0 Å². The highest BCUT2D eigenvalue weighted by atomic mass is 16.3. The van der Waals surface area contributed by atoms with Crippen molar-refractivity contribution in [1.82, 2.24) is 9.80 Å². The fourth-order valence-electron chi connectivity index (χ4n) is 1.65. The average molecular weight is 278 g/mol. The van der Waals surface area contributed by atoms with Gasteiger partial charge in [0, 0.05) is 26.2 Å². The number of aliphatic hydroxyl groups excluding tert-OH is 1. The number of rotatable bonds is 10. The highest BCUT2D eigenvalue weighted by Crippen LogP contribution is 2.00. The van der Waals surface area contributed by atoms with E-state index in [1.54, 1.807) is 12.2 Å². The van der Waals surface area contributed by atoms with Crippen LogP contribution in [0.3, 0.4) is 0 Å². The summed E-state index contributed by atoms with van der Waals surface area (Å²) in [5.74, 6) is -0.594. The van der Waals surface area contributed by atoms with Gasteiger partial charge in [0.15, 0.2) is 0 Å². The molecule has 2 amide bonds. The Morgan fingerprint density at radius 3 is 1.50 bits per heavy atom. The molecule has 0 heterocycles. The molecule has 0 rings (SSSR count). The van der Waals surface area contributed by atoms with Crippen molar-refractivity contribution in [2.24, 2.45) is 0 Å². The minimum Gasteiger partial charge on any atom is -0.389 e. The van der Waals surface area contributed by atoms with Crippen LogP contribution in [0.1, 0.15) is 0 Å². The van der Waals surface area contributed by atoms with Crippen LogP contribution in [0.15, 0.2) is 50.6 Å². The molecule has 0 saturated heterocycles. The van der Waals surface area contributed by atoms with Crippen LogP contribution in [0.25, 0.3) is 0 Å². The topological polar surface area (TPSA) is 60.9 Å². The molecule has 0 atom stereocenters. The van der Waals surface area contributed by atoms with Crippen LogP contribution in [0.2, 0.25) is 0 Å². The molecule has 0 fully saturated rings. The largest absolute Gasteiger partial charge is 0.389 e. The van der Waals surface area contributed by atoms with Crippen molar-refractivity contribution in [3.63, 3.8) is 0 Å². The second kappa shape index (κ2) is 9.75. The number of hydrogen-bond acceptors (Lipinski definition) is 3. The van der Waals surface area contributed by atoms with Crippen molar-refractivity contribution in [3.05, 3.63) is 50.6 Å². The van der Waals surface area contributed by atoms with Gasteiger partial charge in [0.2, 0.25) is 11.8 Å². The molecule has 20 heavy (non-hydrogen) atoms. The van der Waals surface area contributed by atoms with E-state index >= 15 is 0 Å². The smallest absolute Gasteiger partial charge is 0.246 e. The molecule has 0 radical (unpaired) electrons. The van der Waals surface area contributed by atoms with Gasteiger partial charge >= 0.3 is 0 Å². The molecule has 0 bridgehead atoms. The highest BCUT2D eigenvalue weighted by molar-refractivity contribution is 5.87. The maximum Gasteiger partial charge on any atom is 0.246 e. The van der Waals surface area contributed by atoms with Crippen molar-refractivity contribution >= 4 is 11.8 Å². The summed E-state index contributed by atoms with van der Waals surface area (Å²) in [6.45, 7) is 14.7. The van der Waals surface area contributed by atoms with Crippen molar-refractivity contribution in [1.29, 1.82) is 0 Å². The minimum atomic E-state index is -0.873. The Morgan fingerprint density at radius 2 is 1.25 bits per heavy atom. The average Bonchev–Trinajstić information content (AvgIpc) is 2.44. The molecule has 110 valence electrons. The SMILES string of the molecule is C=CCN(CC(O)CN(CC=C)C(=O)C=C)C(=O)C=C. The van der Waals surface area contributed by atoms with E-state index in [0.29, 0.717) is 13.1 Å². The molecule has 5 heteroatoms. The second-order valence-electron chi connectivity index (χ2n) is 4.13. The zero-order chi connectivity index (χ0) is 15.5. The van der Waals surface area contributed by atoms with Crippen LogP contribution in [0, 0.1) is 0 Å². The van der Waals surface area contributed by atoms with Gasteiger partial charge in [0.05, 0.1) is 6.10 Å². The van der Waals surface area contributed by atoms with Gasteiger partial charge in [-0.05, 0) is 12.2 Å². The summed E-state index contributed by atoms with van der Waals surface area (Å²) in [5, 5.41) is 10.0. The molecular formula is C15H22N2O3. The van der Waals surface area contributed by atoms with E-state index in [2.05, 4.69) is 26.3 Å². The molecule has 0 aromatic carbocycles. The zero-order valence-corrected chi connectivity index (χ0v) is 11.7. The molecule has 1 N–H and O–H groups in total. The lowest BCUT2D eigenvalue weighted by Crippen LogP contribution is -2.43. The summed E-state index contributed by atoms with van der Waals surface area (Å²) in [6, 6.07) is 0. The van der Waals surface area contributed by atoms with E-state index in [-0.39, 0.29) is 24.9 Å². The third-order valence-corrected chi connectivity index (χ3v) is 2.53. The number of nitrogens with zero attached hydrogens (tertiary/aromatic N) is 2. The zero-order valence-electron chi connectivity index (χ0n) is 11.7. The lowest BCUT2D eigenvalue weighted by molar-refractivity contribution is -0.128. The maximum atomic E-state index is 11.6. The molecule has 0 aliphatic rings. The van der Waals surface area contributed by atoms with Crippen LogP contribution >= 0.6 is 0 Å². The molecule has 0 aliphatic carbocycles. The second-order valence-corrected chi connectivity index (χ2v) is 4.13. The lowest BCUT2D eigenvalue weighted by atomic mass is 10.2. The molecule has 5 nitrogen and oxygen atoms in total. The maximum absolute atomic E-state index is 11.6. The van der Waals surface area contributed by atoms with E-state index in [0.717, 1.165) is 0 Å². The first kappa shape index (κ1) is 17.9.